The van der Waals surface area contributed by atoms with Crippen LogP contribution in [0.1, 0.15) is 23.6 Å². The average molecular weight is 444 g/mol. The first-order valence-corrected chi connectivity index (χ1v) is 10.5. The van der Waals surface area contributed by atoms with Crippen molar-refractivity contribution in [3.63, 3.8) is 0 Å². The van der Waals surface area contributed by atoms with Gasteiger partial charge in [-0.25, -0.2) is 8.96 Å². The Morgan fingerprint density at radius 2 is 2.18 bits per heavy atom. The molecule has 1 N–H and O–H groups in total. The van der Waals surface area contributed by atoms with Gasteiger partial charge < -0.3 is 5.32 Å². The number of aromatic nitrogens is 4. The zero-order chi connectivity index (χ0) is 15.1. The normalized spacial score (nSPS) is 16.9. The van der Waals surface area contributed by atoms with E-state index in [2.05, 4.69) is 65.7 Å². The zero-order valence-electron chi connectivity index (χ0n) is 11.3. The van der Waals surface area contributed by atoms with Crippen molar-refractivity contribution in [2.45, 2.75) is 18.9 Å². The lowest BCUT2D eigenvalue weighted by molar-refractivity contribution is 0.758. The molecule has 8 heteroatoms. The van der Waals surface area contributed by atoms with Gasteiger partial charge >= 0.3 is 0 Å². The van der Waals surface area contributed by atoms with Crippen LogP contribution in [0.4, 0.5) is 5.82 Å². The number of benzene rings is 1. The summed E-state index contributed by atoms with van der Waals surface area (Å²) in [6.07, 6.45) is 3.86. The van der Waals surface area contributed by atoms with Crippen LogP contribution < -0.4 is 5.32 Å². The first-order valence-electron chi connectivity index (χ1n) is 6.80. The van der Waals surface area contributed by atoms with E-state index in [1.54, 1.807) is 6.33 Å². The Hall–Kier alpha value is -1.06. The van der Waals surface area contributed by atoms with Crippen molar-refractivity contribution in [2.75, 3.05) is 5.32 Å². The molecule has 0 amide bonds. The number of fused-ring (bicyclic) bond motifs is 2. The standard InChI is InChI=1S/C14H11ClIN5S/c15-14-19-12(11-13(20-14)21(22-16)7-17-11)18-10-6-5-8-3-1-2-4-9(8)10/h1-4,7,10H,5-6H2,(H,18,19,20)/t10-/m0/s1. The number of hydrogen-bond donors (Lipinski definition) is 1. The number of halogens is 2. The largest absolute Gasteiger partial charge is 0.361 e. The van der Waals surface area contributed by atoms with Gasteiger partial charge in [0.25, 0.3) is 0 Å². The van der Waals surface area contributed by atoms with E-state index in [4.69, 9.17) is 11.6 Å². The van der Waals surface area contributed by atoms with E-state index in [-0.39, 0.29) is 11.3 Å². The Morgan fingerprint density at radius 3 is 3.05 bits per heavy atom. The first-order chi connectivity index (χ1) is 10.8. The fourth-order valence-electron chi connectivity index (χ4n) is 2.88. The second-order valence-corrected chi connectivity index (χ2v) is 7.14. The summed E-state index contributed by atoms with van der Waals surface area (Å²) in [5.41, 5.74) is 4.20. The van der Waals surface area contributed by atoms with E-state index in [1.807, 2.05) is 3.97 Å². The molecule has 3 aromatic rings. The molecule has 2 heterocycles. The molecule has 1 atom stereocenters. The van der Waals surface area contributed by atoms with Crippen molar-refractivity contribution in [1.82, 2.24) is 18.9 Å². The topological polar surface area (TPSA) is 55.6 Å². The zero-order valence-corrected chi connectivity index (χ0v) is 15.1. The summed E-state index contributed by atoms with van der Waals surface area (Å²) in [4.78, 5) is 13.0. The third-order valence-corrected chi connectivity index (χ3v) is 5.71. The van der Waals surface area contributed by atoms with Crippen LogP contribution in [-0.2, 0) is 6.42 Å². The number of imidazole rings is 1. The van der Waals surface area contributed by atoms with Crippen molar-refractivity contribution in [3.05, 3.63) is 47.0 Å². The Bertz CT molecular complexity index is 852. The van der Waals surface area contributed by atoms with Gasteiger partial charge in [-0.1, -0.05) is 24.3 Å². The molecule has 0 aliphatic heterocycles. The minimum Gasteiger partial charge on any atom is -0.361 e. The highest BCUT2D eigenvalue weighted by atomic mass is 127. The van der Waals surface area contributed by atoms with E-state index in [1.165, 1.54) is 20.2 Å². The van der Waals surface area contributed by atoms with Crippen molar-refractivity contribution in [2.24, 2.45) is 0 Å². The van der Waals surface area contributed by atoms with Gasteiger partial charge in [0.05, 0.1) is 6.04 Å². The van der Waals surface area contributed by atoms with Gasteiger partial charge in [-0.05, 0) is 35.6 Å². The Balaban J connectivity index is 1.75. The lowest BCUT2D eigenvalue weighted by Crippen LogP contribution is -2.09. The van der Waals surface area contributed by atoms with Gasteiger partial charge in [0.1, 0.15) is 6.33 Å². The summed E-state index contributed by atoms with van der Waals surface area (Å²) < 4.78 is 1.87. The predicted molar refractivity (Wildman–Crippen MR) is 98.5 cm³/mol. The Labute approximate surface area is 148 Å². The number of nitrogens with zero attached hydrogens (tertiary/aromatic N) is 4. The minimum absolute atomic E-state index is 0.230. The maximum Gasteiger partial charge on any atom is 0.226 e. The molecule has 1 aromatic carbocycles. The number of rotatable bonds is 3. The number of nitrogens with one attached hydrogen (secondary N) is 1. The summed E-state index contributed by atoms with van der Waals surface area (Å²) in [5.74, 6) is 0.695. The fraction of sp³-hybridized carbons (Fsp3) is 0.214. The molecule has 0 unspecified atom stereocenters. The van der Waals surface area contributed by atoms with Crippen molar-refractivity contribution >= 4 is 58.9 Å². The smallest absolute Gasteiger partial charge is 0.226 e. The van der Waals surface area contributed by atoms with Gasteiger partial charge in [-0.3, -0.25) is 0 Å². The van der Waals surface area contributed by atoms with Crippen LogP contribution in [0.3, 0.4) is 0 Å². The van der Waals surface area contributed by atoms with E-state index in [0.29, 0.717) is 5.82 Å². The molecule has 0 saturated heterocycles. The molecule has 0 bridgehead atoms. The molecular formula is C14H11ClIN5S. The number of hydrogen-bond acceptors (Lipinski definition) is 5. The van der Waals surface area contributed by atoms with Gasteiger partial charge in [0, 0.05) is 30.3 Å². The summed E-state index contributed by atoms with van der Waals surface area (Å²) in [6, 6.07) is 8.74. The van der Waals surface area contributed by atoms with Crippen LogP contribution >= 0.6 is 41.9 Å². The van der Waals surface area contributed by atoms with Gasteiger partial charge in [0.2, 0.25) is 5.28 Å². The quantitative estimate of drug-likeness (QED) is 0.479. The van der Waals surface area contributed by atoms with Crippen LogP contribution in [-0.4, -0.2) is 18.9 Å². The van der Waals surface area contributed by atoms with Crippen molar-refractivity contribution < 1.29 is 0 Å². The lowest BCUT2D eigenvalue weighted by Gasteiger charge is -2.15. The fourth-order valence-corrected chi connectivity index (χ4v) is 4.18. The molecule has 2 aromatic heterocycles. The maximum absolute atomic E-state index is 6.08. The average Bonchev–Trinajstić information content (AvgIpc) is 3.11. The number of aryl methyl sites for hydroxylation is 1. The Kier molecular flexibility index (Phi) is 3.87. The minimum atomic E-state index is 0.230. The van der Waals surface area contributed by atoms with Crippen molar-refractivity contribution in [1.29, 1.82) is 0 Å². The Morgan fingerprint density at radius 1 is 1.32 bits per heavy atom. The second-order valence-electron chi connectivity index (χ2n) is 5.09. The third-order valence-electron chi connectivity index (χ3n) is 3.86. The molecule has 22 heavy (non-hydrogen) atoms. The summed E-state index contributed by atoms with van der Waals surface area (Å²) >= 11 is 8.27. The molecule has 5 nitrogen and oxygen atoms in total. The van der Waals surface area contributed by atoms with E-state index < -0.39 is 0 Å². The molecule has 0 fully saturated rings. The highest BCUT2D eigenvalue weighted by Gasteiger charge is 2.24. The van der Waals surface area contributed by atoms with Crippen LogP contribution in [0.2, 0.25) is 5.28 Å². The molecule has 1 aliphatic rings. The number of anilines is 1. The molecule has 0 radical (unpaired) electrons. The first kappa shape index (κ1) is 14.5. The van der Waals surface area contributed by atoms with Gasteiger partial charge in [0.15, 0.2) is 17.0 Å². The summed E-state index contributed by atoms with van der Waals surface area (Å²) in [6.45, 7) is 0. The molecule has 0 saturated carbocycles. The second kappa shape index (κ2) is 5.86. The SMILES string of the molecule is Clc1nc(N[C@H]2CCc3ccccc32)c2ncn(SI)c2n1. The maximum atomic E-state index is 6.08. The van der Waals surface area contributed by atoms with Crippen LogP contribution in [0.5, 0.6) is 0 Å². The molecule has 1 aliphatic carbocycles. The van der Waals surface area contributed by atoms with Gasteiger partial charge in [-0.2, -0.15) is 9.97 Å². The molecule has 4 rings (SSSR count). The van der Waals surface area contributed by atoms with E-state index >= 15 is 0 Å². The highest BCUT2D eigenvalue weighted by molar-refractivity contribution is 14.2. The summed E-state index contributed by atoms with van der Waals surface area (Å²) in [5, 5.41) is 3.73. The monoisotopic (exact) mass is 443 g/mol. The van der Waals surface area contributed by atoms with E-state index in [9.17, 15) is 0 Å². The van der Waals surface area contributed by atoms with Gasteiger partial charge in [-0.15, -0.1) is 0 Å². The third kappa shape index (κ3) is 2.44. The lowest BCUT2D eigenvalue weighted by atomic mass is 10.1. The van der Waals surface area contributed by atoms with Crippen LogP contribution in [0.15, 0.2) is 30.6 Å². The van der Waals surface area contributed by atoms with Crippen molar-refractivity contribution in [3.8, 4) is 0 Å². The molecule has 112 valence electrons. The predicted octanol–water partition coefficient (Wildman–Crippen LogP) is 4.43. The molecular weight excluding hydrogens is 433 g/mol. The summed E-state index contributed by atoms with van der Waals surface area (Å²) in [7, 11) is 1.50. The highest BCUT2D eigenvalue weighted by Crippen LogP contribution is 2.35. The van der Waals surface area contributed by atoms with Crippen LogP contribution in [0, 0.1) is 0 Å². The molecule has 0 spiro atoms. The van der Waals surface area contributed by atoms with E-state index in [0.717, 1.165) is 24.0 Å². The van der Waals surface area contributed by atoms with Crippen LogP contribution in [0.25, 0.3) is 11.2 Å².